The number of aliphatic imine (C=N–C) groups is 1. The average molecular weight is 506 g/mol. The molecule has 4 aromatic rings. The van der Waals surface area contributed by atoms with Crippen LogP contribution in [-0.4, -0.2) is 54.2 Å². The minimum absolute atomic E-state index is 0.107. The molecule has 0 aromatic carbocycles. The summed E-state index contributed by atoms with van der Waals surface area (Å²) in [6, 6.07) is 6.76. The quantitative estimate of drug-likeness (QED) is 0.299. The molecule has 0 aliphatic rings. The number of pyridine rings is 1. The Hall–Kier alpha value is -4.65. The van der Waals surface area contributed by atoms with Crippen LogP contribution in [0.4, 0.5) is 0 Å². The molecule has 0 spiro atoms. The van der Waals surface area contributed by atoms with Gasteiger partial charge in [0.2, 0.25) is 11.7 Å². The van der Waals surface area contributed by atoms with Gasteiger partial charge in [0.15, 0.2) is 17.1 Å². The second kappa shape index (κ2) is 10.5. The third-order valence-electron chi connectivity index (χ3n) is 5.26. The molecule has 4 heterocycles. The number of rotatable bonds is 8. The number of carbonyl (C=O) groups is 1. The monoisotopic (exact) mass is 505 g/mol. The first-order chi connectivity index (χ1) is 17.7. The molecule has 0 fully saturated rings. The van der Waals surface area contributed by atoms with E-state index in [0.717, 1.165) is 5.56 Å². The maximum Gasteiger partial charge on any atom is 0.257 e. The average Bonchev–Trinajstić information content (AvgIpc) is 3.52. The molecule has 0 saturated heterocycles. The van der Waals surface area contributed by atoms with Crippen molar-refractivity contribution in [2.45, 2.75) is 39.4 Å². The van der Waals surface area contributed by atoms with Crippen molar-refractivity contribution < 1.29 is 19.2 Å². The fraction of sp³-hybridized carbons (Fsp3) is 0.292. The smallest absolute Gasteiger partial charge is 0.257 e. The van der Waals surface area contributed by atoms with Crippen LogP contribution in [0.2, 0.25) is 0 Å². The number of carbonyl (C=O) groups excluding carboxylic acids is 1. The largest absolute Gasteiger partial charge is 0.470 e. The van der Waals surface area contributed by atoms with E-state index in [2.05, 4.69) is 35.7 Å². The van der Waals surface area contributed by atoms with Crippen molar-refractivity contribution in [1.29, 1.82) is 0 Å². The molecule has 0 unspecified atom stereocenters. The standard InChI is InChI=1S/C24H27N9O4/c1-24(2,3)18-8-20-29-30-21(19-7-17(12-34)37-32-19)33(20)31-23(18)36-13-15-6-5-14(10-27-15)22(35)28-16(9-25)11-26-4/h5-11,34H,12-13,25H2,1-4H3,(H,28,35). The topological polar surface area (TPSA) is 179 Å². The first-order valence-electron chi connectivity index (χ1n) is 11.3. The van der Waals surface area contributed by atoms with Crippen molar-refractivity contribution in [1.82, 2.24) is 35.3 Å². The Kier molecular flexibility index (Phi) is 7.25. The second-order valence-corrected chi connectivity index (χ2v) is 9.03. The molecule has 0 radical (unpaired) electrons. The molecule has 13 nitrogen and oxygen atoms in total. The Morgan fingerprint density at radius 2 is 2.11 bits per heavy atom. The Balaban J connectivity index is 1.58. The van der Waals surface area contributed by atoms with Crippen molar-refractivity contribution in [2.75, 3.05) is 7.05 Å². The Morgan fingerprint density at radius 3 is 2.73 bits per heavy atom. The molecule has 4 aromatic heterocycles. The molecule has 192 valence electrons. The zero-order valence-corrected chi connectivity index (χ0v) is 20.8. The van der Waals surface area contributed by atoms with Crippen molar-refractivity contribution in [3.8, 4) is 17.4 Å². The Bertz CT molecular complexity index is 1460. The van der Waals surface area contributed by atoms with Crippen molar-refractivity contribution in [3.63, 3.8) is 0 Å². The summed E-state index contributed by atoms with van der Waals surface area (Å²) in [4.78, 5) is 20.6. The van der Waals surface area contributed by atoms with Gasteiger partial charge in [0.1, 0.15) is 13.2 Å². The van der Waals surface area contributed by atoms with Gasteiger partial charge in [0.05, 0.1) is 17.0 Å². The van der Waals surface area contributed by atoms with Crippen LogP contribution in [-0.2, 0) is 18.6 Å². The molecule has 1 amide bonds. The molecule has 0 aliphatic heterocycles. The fourth-order valence-corrected chi connectivity index (χ4v) is 3.36. The fourth-order valence-electron chi connectivity index (χ4n) is 3.36. The molecule has 13 heteroatoms. The number of aliphatic hydroxyl groups excluding tert-OH is 1. The molecular weight excluding hydrogens is 478 g/mol. The van der Waals surface area contributed by atoms with Crippen LogP contribution in [0.1, 0.15) is 48.1 Å². The number of ether oxygens (including phenoxy) is 1. The molecule has 37 heavy (non-hydrogen) atoms. The summed E-state index contributed by atoms with van der Waals surface area (Å²) in [6.07, 6.45) is 4.15. The summed E-state index contributed by atoms with van der Waals surface area (Å²) in [6.45, 7) is 5.93. The molecule has 0 saturated carbocycles. The molecule has 0 atom stereocenters. The van der Waals surface area contributed by atoms with Gasteiger partial charge in [-0.25, -0.2) is 0 Å². The highest BCUT2D eigenvalue weighted by Gasteiger charge is 2.24. The van der Waals surface area contributed by atoms with Crippen molar-refractivity contribution in [2.24, 2.45) is 10.7 Å². The molecule has 4 rings (SSSR count). The van der Waals surface area contributed by atoms with E-state index in [1.165, 1.54) is 23.1 Å². The first-order valence-corrected chi connectivity index (χ1v) is 11.3. The van der Waals surface area contributed by atoms with Crippen LogP contribution < -0.4 is 15.8 Å². The third kappa shape index (κ3) is 5.62. The lowest BCUT2D eigenvalue weighted by atomic mass is 9.88. The number of hydrogen-bond donors (Lipinski definition) is 3. The highest BCUT2D eigenvalue weighted by atomic mass is 16.5. The van der Waals surface area contributed by atoms with Gasteiger partial charge < -0.3 is 25.4 Å². The van der Waals surface area contributed by atoms with E-state index in [-0.39, 0.29) is 24.5 Å². The van der Waals surface area contributed by atoms with Gasteiger partial charge >= 0.3 is 0 Å². The van der Waals surface area contributed by atoms with E-state index in [0.29, 0.717) is 45.8 Å². The summed E-state index contributed by atoms with van der Waals surface area (Å²) in [5, 5.41) is 28.9. The van der Waals surface area contributed by atoms with E-state index < -0.39 is 0 Å². The van der Waals surface area contributed by atoms with Gasteiger partial charge in [0.25, 0.3) is 5.91 Å². The van der Waals surface area contributed by atoms with Gasteiger partial charge in [-0.15, -0.1) is 15.3 Å². The van der Waals surface area contributed by atoms with Crippen molar-refractivity contribution in [3.05, 3.63) is 64.9 Å². The third-order valence-corrected chi connectivity index (χ3v) is 5.26. The van der Waals surface area contributed by atoms with Gasteiger partial charge in [-0.3, -0.25) is 14.8 Å². The molecular formula is C24H27N9O4. The zero-order chi connectivity index (χ0) is 26.6. The maximum atomic E-state index is 12.4. The molecule has 0 aliphatic carbocycles. The van der Waals surface area contributed by atoms with Crippen LogP contribution in [0.5, 0.6) is 5.88 Å². The Morgan fingerprint density at radius 1 is 1.30 bits per heavy atom. The number of nitrogens with two attached hydrogens (primary N) is 1. The SMILES string of the molecule is CN=CC(=CN)NC(=O)c1ccc(COc2nn3c(-c4cc(CO)on4)nnc3cc2C(C)(C)C)nc1. The number of amides is 1. The highest BCUT2D eigenvalue weighted by molar-refractivity contribution is 5.98. The van der Waals surface area contributed by atoms with Crippen LogP contribution in [0.25, 0.3) is 17.2 Å². The minimum atomic E-state index is -0.365. The summed E-state index contributed by atoms with van der Waals surface area (Å²) in [5.41, 5.74) is 8.22. The van der Waals surface area contributed by atoms with Crippen LogP contribution in [0, 0.1) is 0 Å². The number of hydrogen-bond acceptors (Lipinski definition) is 11. The van der Waals surface area contributed by atoms with Crippen molar-refractivity contribution >= 4 is 17.8 Å². The lowest BCUT2D eigenvalue weighted by Crippen LogP contribution is -2.24. The Labute approximate surface area is 212 Å². The number of nitrogens with one attached hydrogen (secondary N) is 1. The van der Waals surface area contributed by atoms with Crippen LogP contribution in [0.3, 0.4) is 0 Å². The van der Waals surface area contributed by atoms with Gasteiger partial charge in [-0.2, -0.15) is 4.52 Å². The summed E-state index contributed by atoms with van der Waals surface area (Å²) < 4.78 is 12.7. The van der Waals surface area contributed by atoms with E-state index in [1.807, 2.05) is 26.8 Å². The summed E-state index contributed by atoms with van der Waals surface area (Å²) in [7, 11) is 1.58. The highest BCUT2D eigenvalue weighted by Crippen LogP contribution is 2.32. The molecule has 0 bridgehead atoms. The predicted octanol–water partition coefficient (Wildman–Crippen LogP) is 1.77. The van der Waals surface area contributed by atoms with Crippen LogP contribution in [0.15, 0.2) is 51.9 Å². The first kappa shape index (κ1) is 25.4. The van der Waals surface area contributed by atoms with Gasteiger partial charge in [0, 0.05) is 37.3 Å². The number of nitrogens with zero attached hydrogens (tertiary/aromatic N) is 7. The minimum Gasteiger partial charge on any atom is -0.470 e. The van der Waals surface area contributed by atoms with E-state index >= 15 is 0 Å². The lowest BCUT2D eigenvalue weighted by molar-refractivity contribution is 0.0967. The molecule has 4 N–H and O–H groups in total. The van der Waals surface area contributed by atoms with Gasteiger partial charge in [-0.1, -0.05) is 25.9 Å². The number of fused-ring (bicyclic) bond motifs is 1. The van der Waals surface area contributed by atoms with E-state index in [9.17, 15) is 9.90 Å². The van der Waals surface area contributed by atoms with E-state index in [4.69, 9.17) is 15.0 Å². The number of aliphatic hydroxyl groups is 1. The second-order valence-electron chi connectivity index (χ2n) is 9.03. The number of aromatic nitrogens is 6. The van der Waals surface area contributed by atoms with E-state index in [1.54, 1.807) is 25.2 Å². The summed E-state index contributed by atoms with van der Waals surface area (Å²) in [5.74, 6) is 0.644. The maximum absolute atomic E-state index is 12.4. The predicted molar refractivity (Wildman–Crippen MR) is 134 cm³/mol. The summed E-state index contributed by atoms with van der Waals surface area (Å²) >= 11 is 0. The van der Waals surface area contributed by atoms with Crippen LogP contribution >= 0.6 is 0 Å². The van der Waals surface area contributed by atoms with Gasteiger partial charge in [-0.05, 0) is 23.6 Å². The normalized spacial score (nSPS) is 12.4. The number of allylic oxidation sites excluding steroid dienone is 1. The zero-order valence-electron chi connectivity index (χ0n) is 20.8. The lowest BCUT2D eigenvalue weighted by Gasteiger charge is -2.21.